The van der Waals surface area contributed by atoms with Crippen molar-refractivity contribution in [3.63, 3.8) is 0 Å². The lowest BCUT2D eigenvalue weighted by Crippen LogP contribution is -2.42. The molecule has 3 aromatic heterocycles. The topological polar surface area (TPSA) is 72.4 Å². The van der Waals surface area contributed by atoms with E-state index in [0.29, 0.717) is 41.7 Å². The molecule has 4 heterocycles. The number of para-hydroxylation sites is 1. The van der Waals surface area contributed by atoms with Gasteiger partial charge in [0.1, 0.15) is 18.0 Å². The first-order valence-corrected chi connectivity index (χ1v) is 18.5. The number of nitrogens with zero attached hydrogens (tertiary/aromatic N) is 3. The van der Waals surface area contributed by atoms with E-state index in [1.165, 1.54) is 0 Å². The minimum atomic E-state index is -4.61. The first-order chi connectivity index (χ1) is 20.1. The summed E-state index contributed by atoms with van der Waals surface area (Å²) in [6.07, 6.45) is -0.888. The summed E-state index contributed by atoms with van der Waals surface area (Å²) in [5.41, 5.74) is 1.15. The number of pyridine rings is 1. The number of carbonyl (C=O) groups is 1. The Bertz CT molecular complexity index is 1610. The van der Waals surface area contributed by atoms with Gasteiger partial charge < -0.3 is 23.9 Å². The lowest BCUT2D eigenvalue weighted by Gasteiger charge is -2.34. The number of likely N-dealkylation sites (tertiary alicyclic amines) is 1. The lowest BCUT2D eigenvalue weighted by molar-refractivity contribution is -0.137. The molecule has 0 radical (unpaired) electrons. The van der Waals surface area contributed by atoms with Crippen LogP contribution in [0, 0.1) is 0 Å². The number of piperidine rings is 1. The van der Waals surface area contributed by atoms with Gasteiger partial charge in [-0.15, -0.1) is 0 Å². The van der Waals surface area contributed by atoms with Gasteiger partial charge in [-0.1, -0.05) is 37.8 Å². The van der Waals surface area contributed by atoms with E-state index in [1.54, 1.807) is 11.1 Å². The third kappa shape index (κ3) is 6.93. The molecule has 1 N–H and O–H groups in total. The van der Waals surface area contributed by atoms with E-state index in [2.05, 4.69) is 29.6 Å². The van der Waals surface area contributed by atoms with Crippen LogP contribution in [0.2, 0.25) is 25.7 Å². The van der Waals surface area contributed by atoms with Gasteiger partial charge in [0.2, 0.25) is 0 Å². The fourth-order valence-electron chi connectivity index (χ4n) is 5.72. The van der Waals surface area contributed by atoms with Crippen LogP contribution in [0.15, 0.2) is 42.7 Å². The number of amides is 1. The standard InChI is InChI=1S/C32H41F3N4O3Si/c1-31(2,3)42-30(40)38-13-9-10-21(19-38)27-16-23-28(24-17-36-26-12-8-7-11-22(24)26)25(32(33,34)35)18-37-29(23)39(27)20-41-14-15-43(4,5)6/h7-8,11-12,16-18,21,36H,9-10,13-15,19-20H2,1-6H3. The second kappa shape index (κ2) is 11.6. The molecule has 232 valence electrons. The molecule has 1 aliphatic rings. The Kier molecular flexibility index (Phi) is 8.43. The van der Waals surface area contributed by atoms with Crippen molar-refractivity contribution in [2.24, 2.45) is 0 Å². The largest absolute Gasteiger partial charge is 0.444 e. The van der Waals surface area contributed by atoms with Crippen molar-refractivity contribution < 1.29 is 27.4 Å². The Hall–Kier alpha value is -3.31. The van der Waals surface area contributed by atoms with Gasteiger partial charge in [0.15, 0.2) is 0 Å². The molecular weight excluding hydrogens is 573 g/mol. The highest BCUT2D eigenvalue weighted by molar-refractivity contribution is 6.76. The van der Waals surface area contributed by atoms with Gasteiger partial charge in [0, 0.05) is 79.2 Å². The van der Waals surface area contributed by atoms with E-state index in [9.17, 15) is 18.0 Å². The number of benzene rings is 1. The molecule has 4 aromatic rings. The molecule has 0 aliphatic carbocycles. The summed E-state index contributed by atoms with van der Waals surface area (Å²) in [7, 11) is -1.36. The van der Waals surface area contributed by atoms with Crippen LogP contribution in [0.1, 0.15) is 50.8 Å². The van der Waals surface area contributed by atoms with Crippen LogP contribution in [0.25, 0.3) is 33.1 Å². The molecule has 1 saturated heterocycles. The van der Waals surface area contributed by atoms with Crippen molar-refractivity contribution in [2.45, 2.75) is 83.7 Å². The number of halogens is 3. The number of ether oxygens (including phenoxy) is 2. The molecule has 1 atom stereocenters. The van der Waals surface area contributed by atoms with E-state index in [4.69, 9.17) is 9.47 Å². The van der Waals surface area contributed by atoms with Crippen molar-refractivity contribution in [3.05, 3.63) is 54.0 Å². The summed E-state index contributed by atoms with van der Waals surface area (Å²) in [6, 6.07) is 10.1. The first kappa shape index (κ1) is 31.1. The highest BCUT2D eigenvalue weighted by atomic mass is 28.3. The number of carbonyl (C=O) groups excluding carboxylic acids is 1. The van der Waals surface area contributed by atoms with Crippen LogP contribution in [-0.2, 0) is 22.4 Å². The molecule has 1 fully saturated rings. The second-order valence-corrected chi connectivity index (χ2v) is 19.3. The Balaban J connectivity index is 1.64. The number of alkyl halides is 3. The molecule has 1 aromatic carbocycles. The summed E-state index contributed by atoms with van der Waals surface area (Å²) in [5.74, 6) is -0.124. The third-order valence-corrected chi connectivity index (χ3v) is 9.53. The molecule has 43 heavy (non-hydrogen) atoms. The molecule has 0 spiro atoms. The summed E-state index contributed by atoms with van der Waals surface area (Å²) < 4.78 is 57.3. The molecule has 1 amide bonds. The maximum Gasteiger partial charge on any atom is 0.418 e. The smallest absolute Gasteiger partial charge is 0.418 e. The number of aromatic amines is 1. The summed E-state index contributed by atoms with van der Waals surface area (Å²) in [4.78, 5) is 22.2. The van der Waals surface area contributed by atoms with Gasteiger partial charge in [-0.05, 0) is 51.8 Å². The molecule has 1 aliphatic heterocycles. The Morgan fingerprint density at radius 3 is 2.58 bits per heavy atom. The SMILES string of the molecule is CC(C)(C)OC(=O)N1CCCC(c2cc3c(-c4c[nH]c5ccccc45)c(C(F)(F)F)cnc3n2COCC[Si](C)(C)C)C1. The van der Waals surface area contributed by atoms with Crippen LogP contribution >= 0.6 is 0 Å². The highest BCUT2D eigenvalue weighted by Gasteiger charge is 2.37. The van der Waals surface area contributed by atoms with Crippen molar-refractivity contribution in [3.8, 4) is 11.1 Å². The molecule has 1 unspecified atom stereocenters. The molecule has 0 bridgehead atoms. The summed E-state index contributed by atoms with van der Waals surface area (Å²) >= 11 is 0. The average Bonchev–Trinajstić information content (AvgIpc) is 3.50. The zero-order valence-electron chi connectivity index (χ0n) is 25.8. The average molecular weight is 615 g/mol. The van der Waals surface area contributed by atoms with Crippen LogP contribution in [0.5, 0.6) is 0 Å². The van der Waals surface area contributed by atoms with E-state index in [1.807, 2.05) is 55.7 Å². The second-order valence-electron chi connectivity index (χ2n) is 13.6. The van der Waals surface area contributed by atoms with Crippen molar-refractivity contribution in [1.29, 1.82) is 0 Å². The third-order valence-electron chi connectivity index (χ3n) is 7.83. The summed E-state index contributed by atoms with van der Waals surface area (Å²) in [6.45, 7) is 14.0. The number of hydrogen-bond donors (Lipinski definition) is 1. The first-order valence-electron chi connectivity index (χ1n) is 14.8. The van der Waals surface area contributed by atoms with E-state index < -0.39 is 25.4 Å². The van der Waals surface area contributed by atoms with Gasteiger partial charge in [-0.3, -0.25) is 0 Å². The Labute approximate surface area is 251 Å². The Morgan fingerprint density at radius 2 is 1.88 bits per heavy atom. The lowest BCUT2D eigenvalue weighted by atomic mass is 9.93. The molecule has 0 saturated carbocycles. The van der Waals surface area contributed by atoms with Crippen molar-refractivity contribution in [2.75, 3.05) is 19.7 Å². The maximum absolute atomic E-state index is 14.5. The predicted octanol–water partition coefficient (Wildman–Crippen LogP) is 8.63. The van der Waals surface area contributed by atoms with E-state index >= 15 is 0 Å². The van der Waals surface area contributed by atoms with Gasteiger partial charge in [0.25, 0.3) is 0 Å². The predicted molar refractivity (Wildman–Crippen MR) is 166 cm³/mol. The number of aromatic nitrogens is 3. The fourth-order valence-corrected chi connectivity index (χ4v) is 6.48. The van der Waals surface area contributed by atoms with E-state index in [0.717, 1.165) is 36.3 Å². The number of nitrogens with one attached hydrogen (secondary N) is 1. The van der Waals surface area contributed by atoms with Crippen molar-refractivity contribution >= 4 is 36.1 Å². The zero-order valence-corrected chi connectivity index (χ0v) is 26.8. The van der Waals surface area contributed by atoms with E-state index in [-0.39, 0.29) is 24.3 Å². The van der Waals surface area contributed by atoms with Crippen LogP contribution in [0.3, 0.4) is 0 Å². The molecular formula is C32H41F3N4O3Si. The Morgan fingerprint density at radius 1 is 1.14 bits per heavy atom. The monoisotopic (exact) mass is 614 g/mol. The van der Waals surface area contributed by atoms with Gasteiger partial charge in [0.05, 0.1) is 5.56 Å². The molecule has 7 nitrogen and oxygen atoms in total. The highest BCUT2D eigenvalue weighted by Crippen LogP contribution is 2.44. The normalized spacial score (nSPS) is 16.8. The van der Waals surface area contributed by atoms with Gasteiger partial charge in [-0.2, -0.15) is 13.2 Å². The van der Waals surface area contributed by atoms with Gasteiger partial charge in [-0.25, -0.2) is 9.78 Å². The number of fused-ring (bicyclic) bond motifs is 2. The minimum Gasteiger partial charge on any atom is -0.444 e. The number of hydrogen-bond acceptors (Lipinski definition) is 4. The maximum atomic E-state index is 14.5. The number of H-pyrrole nitrogens is 1. The fraction of sp³-hybridized carbons (Fsp3) is 0.500. The van der Waals surface area contributed by atoms with Crippen molar-refractivity contribution in [1.82, 2.24) is 19.4 Å². The van der Waals surface area contributed by atoms with Crippen LogP contribution in [-0.4, -0.2) is 58.9 Å². The minimum absolute atomic E-state index is 0.0943. The summed E-state index contributed by atoms with van der Waals surface area (Å²) in [5, 5.41) is 1.12. The molecule has 5 rings (SSSR count). The van der Waals surface area contributed by atoms with Crippen LogP contribution < -0.4 is 0 Å². The zero-order chi connectivity index (χ0) is 31.2. The molecule has 11 heteroatoms. The quantitative estimate of drug-likeness (QED) is 0.167. The van der Waals surface area contributed by atoms with Gasteiger partial charge >= 0.3 is 12.3 Å². The number of rotatable bonds is 7. The van der Waals surface area contributed by atoms with Crippen LogP contribution in [0.4, 0.5) is 18.0 Å².